The third kappa shape index (κ3) is 18.0. The maximum Gasteiger partial charge on any atom is 0.306 e. The van der Waals surface area contributed by atoms with Crippen LogP contribution in [-0.2, 0) is 9.53 Å². The number of esters is 1. The lowest BCUT2D eigenvalue weighted by molar-refractivity contribution is -0.154. The first-order valence-electron chi connectivity index (χ1n) is 13.5. The van der Waals surface area contributed by atoms with E-state index in [9.17, 15) is 4.79 Å². The van der Waals surface area contributed by atoms with Crippen molar-refractivity contribution in [2.24, 2.45) is 0 Å². The molecule has 0 saturated carbocycles. The Morgan fingerprint density at radius 3 is 1.38 bits per heavy atom. The zero-order valence-electron chi connectivity index (χ0n) is 19.9. The van der Waals surface area contributed by atoms with Gasteiger partial charge in [0, 0.05) is 6.42 Å². The largest absolute Gasteiger partial charge is 0.462 e. The molecule has 0 unspecified atom stereocenters. The predicted molar refractivity (Wildman–Crippen MR) is 126 cm³/mol. The summed E-state index contributed by atoms with van der Waals surface area (Å²) in [5.74, 6) is 0.0226. The summed E-state index contributed by atoms with van der Waals surface area (Å²) in [6.45, 7) is 2.29. The van der Waals surface area contributed by atoms with Gasteiger partial charge >= 0.3 is 5.97 Å². The summed E-state index contributed by atoms with van der Waals surface area (Å²) >= 11 is 0. The van der Waals surface area contributed by atoms with Gasteiger partial charge in [0.2, 0.25) is 0 Å². The SMILES string of the molecule is CCCCCCCCCCCCCCCCCCCCCC[C@H]1CCCC(=O)O1. The highest BCUT2D eigenvalue weighted by molar-refractivity contribution is 5.70. The van der Waals surface area contributed by atoms with Crippen LogP contribution in [0, 0.1) is 0 Å². The molecule has 0 aromatic heterocycles. The molecule has 0 aromatic rings. The summed E-state index contributed by atoms with van der Waals surface area (Å²) in [6.07, 6.45) is 32.5. The van der Waals surface area contributed by atoms with E-state index in [1.807, 2.05) is 0 Å². The maximum atomic E-state index is 11.3. The van der Waals surface area contributed by atoms with Crippen LogP contribution in [0.1, 0.15) is 161 Å². The molecule has 1 aliphatic rings. The highest BCUT2D eigenvalue weighted by Gasteiger charge is 2.19. The third-order valence-corrected chi connectivity index (χ3v) is 6.58. The van der Waals surface area contributed by atoms with E-state index < -0.39 is 0 Å². The van der Waals surface area contributed by atoms with Crippen LogP contribution in [0.15, 0.2) is 0 Å². The molecule has 0 aromatic carbocycles. The van der Waals surface area contributed by atoms with Crippen LogP contribution >= 0.6 is 0 Å². The normalized spacial score (nSPS) is 16.9. The molecule has 1 aliphatic heterocycles. The molecule has 0 aliphatic carbocycles. The van der Waals surface area contributed by atoms with E-state index >= 15 is 0 Å². The number of hydrogen-bond donors (Lipinski definition) is 0. The molecule has 0 bridgehead atoms. The molecule has 0 spiro atoms. The molecule has 0 N–H and O–H groups in total. The van der Waals surface area contributed by atoms with Gasteiger partial charge < -0.3 is 4.74 Å². The Bertz CT molecular complexity index is 352. The summed E-state index contributed by atoms with van der Waals surface area (Å²) in [5, 5.41) is 0. The Balaban J connectivity index is 1.66. The summed E-state index contributed by atoms with van der Waals surface area (Å²) < 4.78 is 5.39. The molecule has 1 fully saturated rings. The Morgan fingerprint density at radius 2 is 1.00 bits per heavy atom. The zero-order chi connectivity index (χ0) is 20.8. The Hall–Kier alpha value is -0.530. The number of carbonyl (C=O) groups is 1. The molecule has 1 saturated heterocycles. The number of hydrogen-bond acceptors (Lipinski definition) is 2. The van der Waals surface area contributed by atoms with E-state index in [1.165, 1.54) is 128 Å². The van der Waals surface area contributed by atoms with Crippen LogP contribution < -0.4 is 0 Å². The molecule has 0 amide bonds. The number of ether oxygens (including phenoxy) is 1. The van der Waals surface area contributed by atoms with Gasteiger partial charge in [-0.1, -0.05) is 129 Å². The van der Waals surface area contributed by atoms with Crippen LogP contribution in [0.2, 0.25) is 0 Å². The van der Waals surface area contributed by atoms with Gasteiger partial charge in [-0.15, -0.1) is 0 Å². The quantitative estimate of drug-likeness (QED) is 0.140. The van der Waals surface area contributed by atoms with Gasteiger partial charge in [-0.3, -0.25) is 4.79 Å². The average Bonchev–Trinajstić information content (AvgIpc) is 2.72. The van der Waals surface area contributed by atoms with Crippen LogP contribution in [0.3, 0.4) is 0 Å². The second-order valence-electron chi connectivity index (χ2n) is 9.51. The van der Waals surface area contributed by atoms with Gasteiger partial charge in [-0.2, -0.15) is 0 Å². The van der Waals surface area contributed by atoms with Crippen molar-refractivity contribution in [1.29, 1.82) is 0 Å². The van der Waals surface area contributed by atoms with E-state index in [2.05, 4.69) is 6.92 Å². The fourth-order valence-corrected chi connectivity index (χ4v) is 4.61. The van der Waals surface area contributed by atoms with Crippen molar-refractivity contribution >= 4 is 5.97 Å². The number of cyclic esters (lactones) is 1. The summed E-state index contributed by atoms with van der Waals surface area (Å²) in [6, 6.07) is 0. The average molecular weight is 409 g/mol. The minimum Gasteiger partial charge on any atom is -0.462 e. The smallest absolute Gasteiger partial charge is 0.306 e. The molecule has 1 heterocycles. The van der Waals surface area contributed by atoms with Gasteiger partial charge in [0.1, 0.15) is 6.10 Å². The van der Waals surface area contributed by atoms with Crippen molar-refractivity contribution in [3.05, 3.63) is 0 Å². The first-order valence-corrected chi connectivity index (χ1v) is 13.5. The fraction of sp³-hybridized carbons (Fsp3) is 0.963. The molecule has 0 radical (unpaired) electrons. The standard InChI is InChI=1S/C27H52O2/c1-2-3-4-5-6-7-8-9-10-11-12-13-14-15-16-17-18-19-20-21-23-26-24-22-25-27(28)29-26/h26H,2-25H2,1H3/t26-/m0/s1. The first-order chi connectivity index (χ1) is 14.3. The van der Waals surface area contributed by atoms with E-state index in [4.69, 9.17) is 4.74 Å². The zero-order valence-corrected chi connectivity index (χ0v) is 19.9. The maximum absolute atomic E-state index is 11.3. The van der Waals surface area contributed by atoms with Crippen LogP contribution in [0.5, 0.6) is 0 Å². The number of carbonyl (C=O) groups excluding carboxylic acids is 1. The van der Waals surface area contributed by atoms with Crippen molar-refractivity contribution < 1.29 is 9.53 Å². The summed E-state index contributed by atoms with van der Waals surface area (Å²) in [7, 11) is 0. The minimum absolute atomic E-state index is 0.0226. The van der Waals surface area contributed by atoms with E-state index in [1.54, 1.807) is 0 Å². The van der Waals surface area contributed by atoms with Gasteiger partial charge in [0.25, 0.3) is 0 Å². The van der Waals surface area contributed by atoms with Gasteiger partial charge in [0.15, 0.2) is 0 Å². The Morgan fingerprint density at radius 1 is 0.621 bits per heavy atom. The van der Waals surface area contributed by atoms with Gasteiger partial charge in [-0.25, -0.2) is 0 Å². The molecule has 1 atom stereocenters. The summed E-state index contributed by atoms with van der Waals surface area (Å²) in [4.78, 5) is 11.3. The second-order valence-corrected chi connectivity index (χ2v) is 9.51. The highest BCUT2D eigenvalue weighted by atomic mass is 16.5. The number of unbranched alkanes of at least 4 members (excludes halogenated alkanes) is 19. The van der Waals surface area contributed by atoms with Crippen molar-refractivity contribution in [2.45, 2.75) is 167 Å². The minimum atomic E-state index is 0.0226. The monoisotopic (exact) mass is 408 g/mol. The molecule has 172 valence electrons. The first kappa shape index (κ1) is 26.5. The topological polar surface area (TPSA) is 26.3 Å². The molecule has 2 heteroatoms. The van der Waals surface area contributed by atoms with Crippen LogP contribution in [0.25, 0.3) is 0 Å². The van der Waals surface area contributed by atoms with E-state index in [0.29, 0.717) is 6.42 Å². The van der Waals surface area contributed by atoms with Crippen LogP contribution in [0.4, 0.5) is 0 Å². The lowest BCUT2D eigenvalue weighted by atomic mass is 10.0. The highest BCUT2D eigenvalue weighted by Crippen LogP contribution is 2.20. The van der Waals surface area contributed by atoms with Crippen molar-refractivity contribution in [3.8, 4) is 0 Å². The lowest BCUT2D eigenvalue weighted by Crippen LogP contribution is -2.23. The van der Waals surface area contributed by atoms with E-state index in [0.717, 1.165) is 19.3 Å². The Labute approximate surface area is 182 Å². The van der Waals surface area contributed by atoms with Gasteiger partial charge in [0.05, 0.1) is 0 Å². The molecular weight excluding hydrogens is 356 g/mol. The molecular formula is C27H52O2. The van der Waals surface area contributed by atoms with Crippen LogP contribution in [-0.4, -0.2) is 12.1 Å². The van der Waals surface area contributed by atoms with Gasteiger partial charge in [-0.05, 0) is 25.7 Å². The van der Waals surface area contributed by atoms with Crippen molar-refractivity contribution in [1.82, 2.24) is 0 Å². The third-order valence-electron chi connectivity index (χ3n) is 6.58. The lowest BCUT2D eigenvalue weighted by Gasteiger charge is -2.21. The Kier molecular flexibility index (Phi) is 18.9. The van der Waals surface area contributed by atoms with E-state index in [-0.39, 0.29) is 12.1 Å². The second kappa shape index (κ2) is 20.7. The number of rotatable bonds is 21. The van der Waals surface area contributed by atoms with Crippen molar-refractivity contribution in [2.75, 3.05) is 0 Å². The predicted octanol–water partition coefficient (Wildman–Crippen LogP) is 9.29. The fourth-order valence-electron chi connectivity index (χ4n) is 4.61. The van der Waals surface area contributed by atoms with Crippen molar-refractivity contribution in [3.63, 3.8) is 0 Å². The molecule has 29 heavy (non-hydrogen) atoms. The molecule has 2 nitrogen and oxygen atoms in total. The summed E-state index contributed by atoms with van der Waals surface area (Å²) in [5.41, 5.74) is 0. The molecule has 1 rings (SSSR count).